The van der Waals surface area contributed by atoms with Gasteiger partial charge >= 0.3 is 6.09 Å². The minimum absolute atomic E-state index is 0.0322. The molecule has 254 valence electrons. The molecule has 3 aliphatic heterocycles. The Hall–Kier alpha value is -3.67. The van der Waals surface area contributed by atoms with E-state index in [2.05, 4.69) is 9.88 Å². The van der Waals surface area contributed by atoms with Gasteiger partial charge in [-0.2, -0.15) is 5.10 Å². The zero-order valence-electron chi connectivity index (χ0n) is 27.8. The molecule has 6 heterocycles. The summed E-state index contributed by atoms with van der Waals surface area (Å²) in [7, 11) is 0. The van der Waals surface area contributed by atoms with Crippen LogP contribution < -0.4 is 9.64 Å². The lowest BCUT2D eigenvalue weighted by atomic mass is 9.73. The third-order valence-electron chi connectivity index (χ3n) is 9.28. The van der Waals surface area contributed by atoms with Crippen molar-refractivity contribution in [3.05, 3.63) is 58.6 Å². The Morgan fingerprint density at radius 2 is 1.79 bits per heavy atom. The fourth-order valence-electron chi connectivity index (χ4n) is 7.08. The number of benzene rings is 1. The third-order valence-corrected chi connectivity index (χ3v) is 9.88. The van der Waals surface area contributed by atoms with E-state index in [0.717, 1.165) is 73.9 Å². The normalized spacial score (nSPS) is 20.1. The van der Waals surface area contributed by atoms with Gasteiger partial charge in [0.05, 0.1) is 15.6 Å². The molecule has 0 aliphatic carbocycles. The minimum Gasteiger partial charge on any atom is -0.486 e. The predicted molar refractivity (Wildman–Crippen MR) is 185 cm³/mol. The molecule has 4 aromatic rings. The van der Waals surface area contributed by atoms with Crippen LogP contribution in [0.4, 0.5) is 10.7 Å². The SMILES string of the molecule is C[C@@H](Oc1ccc2c(c1)c(-c1cnc(N3CC4(CCCN(C(=O)OC(C)(C)C)C4)C3)nc1)nn2C1CCCCO1)c1c(Cl)cncc1Cl. The number of pyridine rings is 1. The summed E-state index contributed by atoms with van der Waals surface area (Å²) in [4.78, 5) is 30.4. The topological polar surface area (TPSA) is 108 Å². The van der Waals surface area contributed by atoms with Gasteiger partial charge in [0.1, 0.15) is 23.1 Å². The zero-order valence-corrected chi connectivity index (χ0v) is 29.3. The number of likely N-dealkylation sites (tertiary alicyclic amines) is 1. The van der Waals surface area contributed by atoms with Crippen LogP contribution in [0.1, 0.15) is 77.7 Å². The van der Waals surface area contributed by atoms with Crippen LogP contribution in [0.5, 0.6) is 5.75 Å². The number of carbonyl (C=O) groups excluding carboxylic acids is 1. The van der Waals surface area contributed by atoms with Crippen molar-refractivity contribution < 1.29 is 19.0 Å². The molecule has 1 spiro atoms. The lowest BCUT2D eigenvalue weighted by Gasteiger charge is -2.54. The third kappa shape index (κ3) is 6.64. The smallest absolute Gasteiger partial charge is 0.410 e. The maximum absolute atomic E-state index is 12.8. The van der Waals surface area contributed by atoms with Crippen LogP contribution in [0.2, 0.25) is 10.0 Å². The van der Waals surface area contributed by atoms with E-state index in [9.17, 15) is 4.79 Å². The molecule has 3 aliphatic rings. The van der Waals surface area contributed by atoms with E-state index in [0.29, 0.717) is 40.5 Å². The van der Waals surface area contributed by atoms with E-state index < -0.39 is 11.7 Å². The summed E-state index contributed by atoms with van der Waals surface area (Å²) in [5.74, 6) is 1.32. The molecular weight excluding hydrogens is 653 g/mol. The van der Waals surface area contributed by atoms with Gasteiger partial charge < -0.3 is 24.0 Å². The highest BCUT2D eigenvalue weighted by molar-refractivity contribution is 6.35. The summed E-state index contributed by atoms with van der Waals surface area (Å²) in [5, 5.41) is 6.87. The van der Waals surface area contributed by atoms with E-state index in [4.69, 9.17) is 52.5 Å². The molecule has 11 nitrogen and oxygen atoms in total. The number of hydrogen-bond donors (Lipinski definition) is 0. The molecule has 1 unspecified atom stereocenters. The second kappa shape index (κ2) is 13.0. The van der Waals surface area contributed by atoms with Crippen molar-refractivity contribution in [2.24, 2.45) is 5.41 Å². The monoisotopic (exact) mass is 693 g/mol. The van der Waals surface area contributed by atoms with Crippen molar-refractivity contribution >= 4 is 46.1 Å². The molecule has 7 rings (SSSR count). The molecule has 13 heteroatoms. The molecule has 0 N–H and O–H groups in total. The zero-order chi connectivity index (χ0) is 33.6. The summed E-state index contributed by atoms with van der Waals surface area (Å²) < 4.78 is 20.1. The fraction of sp³-hybridized carbons (Fsp3) is 0.514. The van der Waals surface area contributed by atoms with Crippen molar-refractivity contribution in [1.29, 1.82) is 0 Å². The predicted octanol–water partition coefficient (Wildman–Crippen LogP) is 7.87. The Bertz CT molecular complexity index is 1780. The molecule has 0 saturated carbocycles. The lowest BCUT2D eigenvalue weighted by molar-refractivity contribution is -0.0365. The second-order valence-corrected chi connectivity index (χ2v) is 15.0. The van der Waals surface area contributed by atoms with Crippen LogP contribution in [-0.2, 0) is 9.47 Å². The van der Waals surface area contributed by atoms with Crippen molar-refractivity contribution in [2.75, 3.05) is 37.7 Å². The number of nitrogens with zero attached hydrogens (tertiary/aromatic N) is 7. The molecular formula is C35H41Cl2N7O4. The summed E-state index contributed by atoms with van der Waals surface area (Å²) in [6.45, 7) is 11.3. The molecule has 48 heavy (non-hydrogen) atoms. The molecule has 3 saturated heterocycles. The first-order valence-corrected chi connectivity index (χ1v) is 17.4. The first-order valence-electron chi connectivity index (χ1n) is 16.6. The summed E-state index contributed by atoms with van der Waals surface area (Å²) in [6, 6.07) is 5.94. The Labute approximate surface area is 290 Å². The average molecular weight is 695 g/mol. The minimum atomic E-state index is -0.511. The number of piperidine rings is 1. The van der Waals surface area contributed by atoms with Gasteiger partial charge in [-0.25, -0.2) is 19.4 Å². The van der Waals surface area contributed by atoms with Crippen LogP contribution in [0.3, 0.4) is 0 Å². The van der Waals surface area contributed by atoms with Crippen LogP contribution in [-0.4, -0.2) is 74.1 Å². The highest BCUT2D eigenvalue weighted by Gasteiger charge is 2.48. The number of amides is 1. The molecule has 3 fully saturated rings. The molecule has 2 atom stereocenters. The van der Waals surface area contributed by atoms with Crippen LogP contribution in [0.25, 0.3) is 22.2 Å². The van der Waals surface area contributed by atoms with Crippen LogP contribution in [0, 0.1) is 5.41 Å². The van der Waals surface area contributed by atoms with Crippen molar-refractivity contribution in [2.45, 2.75) is 77.7 Å². The maximum Gasteiger partial charge on any atom is 0.410 e. The number of hydrogen-bond acceptors (Lipinski definition) is 9. The standard InChI is InChI=1S/C35H41Cl2N7O4/c1-22(30-26(36)17-38-18-27(30)37)47-24-9-10-28-25(14-24)31(41-44(28)29-8-5-6-13-46-29)23-15-39-32(40-16-23)43-20-35(21-43)11-7-12-42(19-35)33(45)48-34(2,3)4/h9-10,14-18,22,29H,5-8,11-13,19-21H2,1-4H3/t22-,29?/m1/s1. The van der Waals surface area contributed by atoms with Gasteiger partial charge in [0.25, 0.3) is 0 Å². The first kappa shape index (κ1) is 32.9. The first-order chi connectivity index (χ1) is 23.0. The van der Waals surface area contributed by atoms with Gasteiger partial charge in [0.15, 0.2) is 6.23 Å². The Kier molecular flexibility index (Phi) is 8.89. The van der Waals surface area contributed by atoms with Crippen molar-refractivity contribution in [3.63, 3.8) is 0 Å². The number of rotatable bonds is 6. The fourth-order valence-corrected chi connectivity index (χ4v) is 7.75. The van der Waals surface area contributed by atoms with Crippen molar-refractivity contribution in [3.8, 4) is 17.0 Å². The van der Waals surface area contributed by atoms with E-state index in [1.54, 1.807) is 12.4 Å². The van der Waals surface area contributed by atoms with Gasteiger partial charge in [-0.1, -0.05) is 23.2 Å². The average Bonchev–Trinajstić information content (AvgIpc) is 3.42. The van der Waals surface area contributed by atoms with Gasteiger partial charge in [0.2, 0.25) is 5.95 Å². The summed E-state index contributed by atoms with van der Waals surface area (Å²) in [6.07, 6.45) is 11.0. The highest BCUT2D eigenvalue weighted by atomic mass is 35.5. The van der Waals surface area contributed by atoms with E-state index in [1.165, 1.54) is 0 Å². The van der Waals surface area contributed by atoms with E-state index in [-0.39, 0.29) is 17.7 Å². The van der Waals surface area contributed by atoms with Gasteiger partial charge in [-0.05, 0) is 78.0 Å². The highest BCUT2D eigenvalue weighted by Crippen LogP contribution is 2.42. The molecule has 1 amide bonds. The Balaban J connectivity index is 1.12. The summed E-state index contributed by atoms with van der Waals surface area (Å²) >= 11 is 12.8. The Morgan fingerprint density at radius 1 is 1.04 bits per heavy atom. The van der Waals surface area contributed by atoms with Gasteiger partial charge in [-0.15, -0.1) is 0 Å². The van der Waals surface area contributed by atoms with Crippen LogP contribution in [0.15, 0.2) is 43.0 Å². The lowest BCUT2D eigenvalue weighted by Crippen LogP contribution is -2.64. The molecule has 1 aromatic carbocycles. The quantitative estimate of drug-likeness (QED) is 0.199. The number of carbonyl (C=O) groups is 1. The summed E-state index contributed by atoms with van der Waals surface area (Å²) in [5.41, 5.74) is 2.70. The number of halogens is 2. The molecule has 0 bridgehead atoms. The maximum atomic E-state index is 12.8. The largest absolute Gasteiger partial charge is 0.486 e. The second-order valence-electron chi connectivity index (χ2n) is 14.2. The number of aromatic nitrogens is 5. The molecule has 0 radical (unpaired) electrons. The van der Waals surface area contributed by atoms with E-state index in [1.807, 2.05) is 67.9 Å². The number of ether oxygens (including phenoxy) is 3. The van der Waals surface area contributed by atoms with Gasteiger partial charge in [0, 0.05) is 79.5 Å². The number of fused-ring (bicyclic) bond motifs is 1. The van der Waals surface area contributed by atoms with Crippen LogP contribution >= 0.6 is 23.2 Å². The number of anilines is 1. The van der Waals surface area contributed by atoms with Gasteiger partial charge in [-0.3, -0.25) is 4.98 Å². The van der Waals surface area contributed by atoms with Crippen molar-refractivity contribution in [1.82, 2.24) is 29.6 Å². The van der Waals surface area contributed by atoms with E-state index >= 15 is 0 Å². The Morgan fingerprint density at radius 3 is 2.48 bits per heavy atom. The molecule has 3 aromatic heterocycles.